The van der Waals surface area contributed by atoms with E-state index in [0.29, 0.717) is 29.8 Å². The second kappa shape index (κ2) is 7.51. The number of carbonyl (C=O) groups is 3. The molecule has 1 aromatic rings. The SMILES string of the molecule is NC(=O)c1c(NCC(C=O)OC2CNC(C(=O)O)C2)sc2c1CCC2. The number of ether oxygens (including phenoxy) is 1. The normalized spacial score (nSPS) is 23.2. The number of aliphatic carboxylic acids is 1. The minimum absolute atomic E-state index is 0.206. The van der Waals surface area contributed by atoms with Crippen molar-refractivity contribution >= 4 is 34.5 Å². The summed E-state index contributed by atoms with van der Waals surface area (Å²) in [5.41, 5.74) is 7.05. The third-order valence-corrected chi connectivity index (χ3v) is 5.79. The summed E-state index contributed by atoms with van der Waals surface area (Å²) in [6, 6.07) is -0.646. The number of nitrogens with one attached hydrogen (secondary N) is 2. The van der Waals surface area contributed by atoms with Crippen molar-refractivity contribution in [2.75, 3.05) is 18.4 Å². The van der Waals surface area contributed by atoms with Crippen molar-refractivity contribution in [3.05, 3.63) is 16.0 Å². The molecule has 1 amide bonds. The van der Waals surface area contributed by atoms with Crippen LogP contribution in [-0.4, -0.2) is 54.6 Å². The van der Waals surface area contributed by atoms with Gasteiger partial charge in [0.25, 0.3) is 5.91 Å². The van der Waals surface area contributed by atoms with Crippen molar-refractivity contribution in [3.63, 3.8) is 0 Å². The van der Waals surface area contributed by atoms with E-state index in [0.717, 1.165) is 24.8 Å². The van der Waals surface area contributed by atoms with Gasteiger partial charge in [0, 0.05) is 24.4 Å². The van der Waals surface area contributed by atoms with Crippen LogP contribution in [0.4, 0.5) is 5.00 Å². The maximum atomic E-state index is 11.8. The second-order valence-corrected chi connectivity index (χ2v) is 7.38. The van der Waals surface area contributed by atoms with Gasteiger partial charge in [0.2, 0.25) is 0 Å². The van der Waals surface area contributed by atoms with Crippen LogP contribution in [0, 0.1) is 0 Å². The smallest absolute Gasteiger partial charge is 0.320 e. The molecule has 0 aromatic carbocycles. The number of carboxylic acid groups (broad SMARTS) is 1. The number of hydrogen-bond acceptors (Lipinski definition) is 7. The van der Waals surface area contributed by atoms with Crippen LogP contribution in [-0.2, 0) is 27.2 Å². The Hall–Kier alpha value is -1.97. The standard InChI is InChI=1S/C16H21N3O5S/c17-14(21)13-10-2-1-3-12(10)25-15(13)19-6-9(7-20)24-8-4-11(16(22)23)18-5-8/h7-9,11,18-19H,1-6H2,(H2,17,21)(H,22,23). The third kappa shape index (κ3) is 3.83. The molecule has 8 nitrogen and oxygen atoms in total. The number of fused-ring (bicyclic) bond motifs is 1. The molecular weight excluding hydrogens is 346 g/mol. The van der Waals surface area contributed by atoms with Crippen LogP contribution >= 0.6 is 11.3 Å². The van der Waals surface area contributed by atoms with Crippen LogP contribution in [0.25, 0.3) is 0 Å². The quantitative estimate of drug-likeness (QED) is 0.481. The first-order valence-corrected chi connectivity index (χ1v) is 9.06. The summed E-state index contributed by atoms with van der Waals surface area (Å²) in [5.74, 6) is -1.39. The number of anilines is 1. The van der Waals surface area contributed by atoms with Gasteiger partial charge < -0.3 is 31.0 Å². The van der Waals surface area contributed by atoms with Crippen LogP contribution in [0.15, 0.2) is 0 Å². The molecule has 1 aliphatic carbocycles. The van der Waals surface area contributed by atoms with E-state index in [4.69, 9.17) is 15.6 Å². The lowest BCUT2D eigenvalue weighted by Crippen LogP contribution is -2.31. The predicted molar refractivity (Wildman–Crippen MR) is 92.1 cm³/mol. The van der Waals surface area contributed by atoms with Gasteiger partial charge in [-0.25, -0.2) is 0 Å². The van der Waals surface area contributed by atoms with Crippen molar-refractivity contribution in [2.45, 2.75) is 43.9 Å². The Morgan fingerprint density at radius 1 is 1.48 bits per heavy atom. The highest BCUT2D eigenvalue weighted by Crippen LogP contribution is 2.38. The van der Waals surface area contributed by atoms with E-state index in [-0.39, 0.29) is 12.6 Å². The first-order valence-electron chi connectivity index (χ1n) is 8.24. The number of hydrogen-bond donors (Lipinski definition) is 4. The highest BCUT2D eigenvalue weighted by molar-refractivity contribution is 7.16. The molecular formula is C16H21N3O5S. The van der Waals surface area contributed by atoms with Crippen LogP contribution < -0.4 is 16.4 Å². The molecule has 1 aromatic heterocycles. The van der Waals surface area contributed by atoms with Gasteiger partial charge >= 0.3 is 5.97 Å². The highest BCUT2D eigenvalue weighted by atomic mass is 32.1. The molecule has 5 N–H and O–H groups in total. The molecule has 25 heavy (non-hydrogen) atoms. The van der Waals surface area contributed by atoms with Gasteiger partial charge in [-0.1, -0.05) is 0 Å². The minimum atomic E-state index is -0.925. The number of aldehydes is 1. The van der Waals surface area contributed by atoms with Crippen molar-refractivity contribution in [1.29, 1.82) is 0 Å². The molecule has 0 spiro atoms. The van der Waals surface area contributed by atoms with Crippen molar-refractivity contribution in [2.24, 2.45) is 5.73 Å². The molecule has 136 valence electrons. The zero-order valence-corrected chi connectivity index (χ0v) is 14.4. The first kappa shape index (κ1) is 17.8. The van der Waals surface area contributed by atoms with Crippen molar-refractivity contribution in [3.8, 4) is 0 Å². The topological polar surface area (TPSA) is 131 Å². The number of rotatable bonds is 8. The third-order valence-electron chi connectivity index (χ3n) is 4.54. The summed E-state index contributed by atoms with van der Waals surface area (Å²) in [6.45, 7) is 0.596. The number of thiophene rings is 1. The number of carboxylic acids is 1. The Balaban J connectivity index is 1.60. The fourth-order valence-corrected chi connectivity index (χ4v) is 4.65. The van der Waals surface area contributed by atoms with Gasteiger partial charge in [-0.3, -0.25) is 9.59 Å². The fraction of sp³-hybridized carbons (Fsp3) is 0.562. The maximum absolute atomic E-state index is 11.8. The highest BCUT2D eigenvalue weighted by Gasteiger charge is 2.31. The predicted octanol–water partition coefficient (Wildman–Crippen LogP) is 0.147. The number of carbonyl (C=O) groups excluding carboxylic acids is 2. The molecule has 0 saturated carbocycles. The molecule has 0 radical (unpaired) electrons. The van der Waals surface area contributed by atoms with Crippen LogP contribution in [0.2, 0.25) is 0 Å². The molecule has 1 fully saturated rings. The summed E-state index contributed by atoms with van der Waals surface area (Å²) < 4.78 is 5.67. The molecule has 2 aliphatic rings. The average molecular weight is 367 g/mol. The zero-order chi connectivity index (χ0) is 18.0. The van der Waals surface area contributed by atoms with Gasteiger partial charge in [-0.15, -0.1) is 11.3 Å². The number of primary amides is 1. The number of nitrogens with two attached hydrogens (primary N) is 1. The molecule has 1 aliphatic heterocycles. The Labute approximate surface area is 148 Å². The van der Waals surface area contributed by atoms with Crippen LogP contribution in [0.1, 0.15) is 33.6 Å². The second-order valence-electron chi connectivity index (χ2n) is 6.27. The van der Waals surface area contributed by atoms with Crippen molar-refractivity contribution < 1.29 is 24.2 Å². The molecule has 2 heterocycles. The van der Waals surface area contributed by atoms with E-state index in [9.17, 15) is 14.4 Å². The van der Waals surface area contributed by atoms with E-state index < -0.39 is 24.0 Å². The van der Waals surface area contributed by atoms with Gasteiger partial charge in [0.15, 0.2) is 6.29 Å². The summed E-state index contributed by atoms with van der Waals surface area (Å²) in [7, 11) is 0. The van der Waals surface area contributed by atoms with Gasteiger partial charge in [0.05, 0.1) is 11.7 Å². The summed E-state index contributed by atoms with van der Waals surface area (Å²) in [4.78, 5) is 35.2. The summed E-state index contributed by atoms with van der Waals surface area (Å²) in [5, 5.41) is 15.6. The van der Waals surface area contributed by atoms with Crippen molar-refractivity contribution in [1.82, 2.24) is 5.32 Å². The largest absolute Gasteiger partial charge is 0.480 e. The zero-order valence-electron chi connectivity index (χ0n) is 13.6. The van der Waals surface area contributed by atoms with Gasteiger partial charge in [-0.05, 0) is 24.8 Å². The van der Waals surface area contributed by atoms with E-state index >= 15 is 0 Å². The lowest BCUT2D eigenvalue weighted by Gasteiger charge is -2.18. The van der Waals surface area contributed by atoms with Gasteiger partial charge in [0.1, 0.15) is 17.1 Å². The lowest BCUT2D eigenvalue weighted by molar-refractivity contribution is -0.139. The lowest BCUT2D eigenvalue weighted by atomic mass is 10.1. The number of aryl methyl sites for hydroxylation is 1. The molecule has 9 heteroatoms. The van der Waals surface area contributed by atoms with E-state index in [1.54, 1.807) is 0 Å². The number of amides is 1. The monoisotopic (exact) mass is 367 g/mol. The Morgan fingerprint density at radius 2 is 2.28 bits per heavy atom. The first-order chi connectivity index (χ1) is 12.0. The molecule has 0 bridgehead atoms. The molecule has 3 rings (SSSR count). The van der Waals surface area contributed by atoms with E-state index in [2.05, 4.69) is 10.6 Å². The minimum Gasteiger partial charge on any atom is -0.480 e. The Bertz CT molecular complexity index is 690. The van der Waals surface area contributed by atoms with Crippen LogP contribution in [0.5, 0.6) is 0 Å². The van der Waals surface area contributed by atoms with Gasteiger partial charge in [-0.2, -0.15) is 0 Å². The summed E-state index contributed by atoms with van der Waals surface area (Å²) >= 11 is 1.50. The molecule has 3 unspecified atom stereocenters. The van der Waals surface area contributed by atoms with E-state index in [1.165, 1.54) is 16.2 Å². The fourth-order valence-electron chi connectivity index (χ4n) is 3.35. The molecule has 1 saturated heterocycles. The maximum Gasteiger partial charge on any atom is 0.320 e. The van der Waals surface area contributed by atoms with E-state index in [1.807, 2.05) is 0 Å². The van der Waals surface area contributed by atoms with Crippen LogP contribution in [0.3, 0.4) is 0 Å². The molecule has 3 atom stereocenters. The average Bonchev–Trinajstić information content (AvgIpc) is 3.25. The summed E-state index contributed by atoms with van der Waals surface area (Å²) in [6.07, 6.45) is 2.77. The Morgan fingerprint density at radius 3 is 2.92 bits per heavy atom. The Kier molecular flexibility index (Phi) is 5.36.